The van der Waals surface area contributed by atoms with Crippen molar-refractivity contribution in [3.05, 3.63) is 72.9 Å². The number of ether oxygens (including phenoxy) is 2. The summed E-state index contributed by atoms with van der Waals surface area (Å²) in [6.07, 6.45) is 81.6. The van der Waals surface area contributed by atoms with Crippen molar-refractivity contribution in [1.29, 1.82) is 0 Å². The molecule has 484 valence electrons. The molecule has 1 saturated heterocycles. The lowest BCUT2D eigenvalue weighted by Crippen LogP contribution is -2.60. The largest absolute Gasteiger partial charge is 0.394 e. The van der Waals surface area contributed by atoms with Crippen LogP contribution in [0.3, 0.4) is 0 Å². The van der Waals surface area contributed by atoms with E-state index in [4.69, 9.17) is 9.47 Å². The van der Waals surface area contributed by atoms with E-state index in [1.54, 1.807) is 6.08 Å². The highest BCUT2D eigenvalue weighted by Gasteiger charge is 2.44. The molecule has 9 nitrogen and oxygen atoms in total. The van der Waals surface area contributed by atoms with Crippen molar-refractivity contribution in [2.45, 2.75) is 378 Å². The number of aliphatic hydroxyl groups excluding tert-OH is 5. The van der Waals surface area contributed by atoms with E-state index in [0.717, 1.165) is 70.6 Å². The molecule has 1 rings (SSSR count). The fraction of sp³-hybridized carbons (Fsp3) is 0.824. The Kier molecular flexibility index (Phi) is 59.4. The molecule has 0 spiro atoms. The summed E-state index contributed by atoms with van der Waals surface area (Å²) in [4.78, 5) is 13.1. The van der Waals surface area contributed by atoms with Crippen LogP contribution in [0.1, 0.15) is 335 Å². The molecule has 7 unspecified atom stereocenters. The molecule has 1 amide bonds. The van der Waals surface area contributed by atoms with Gasteiger partial charge in [-0.2, -0.15) is 0 Å². The minimum Gasteiger partial charge on any atom is -0.394 e. The molecule has 0 radical (unpaired) electrons. The van der Waals surface area contributed by atoms with Crippen molar-refractivity contribution >= 4 is 5.91 Å². The summed E-state index contributed by atoms with van der Waals surface area (Å²) in [5.41, 5.74) is 0. The standard InChI is InChI=1S/C74H135NO8/c1-3-5-7-9-11-13-15-17-19-21-23-25-26-27-28-29-30-31-32-33-34-35-36-37-38-39-40-41-42-44-46-48-50-52-54-56-58-60-62-64-70(78)75-67(66-82-74-73(81)72(80)71(79)69(65-76)83-74)68(77)63-61-59-57-55-53-51-49-47-45-43-24-22-20-18-16-14-12-10-8-6-4-2/h5,7,11,13,17,19,23,25,27-28,61,63,67-69,71-74,76-77,79-81H,3-4,6,8-10,12,14-16,18,20-22,24,26,29-60,62,64-66H2,1-2H3,(H,75,78)/b7-5-,13-11-,19-17-,25-23-,28-27-,63-61+. The van der Waals surface area contributed by atoms with E-state index in [2.05, 4.69) is 79.9 Å². The number of rotatable bonds is 62. The molecule has 1 fully saturated rings. The lowest BCUT2D eigenvalue weighted by atomic mass is 9.99. The van der Waals surface area contributed by atoms with E-state index in [0.29, 0.717) is 6.42 Å². The summed E-state index contributed by atoms with van der Waals surface area (Å²) >= 11 is 0. The van der Waals surface area contributed by atoms with Crippen LogP contribution < -0.4 is 5.32 Å². The molecule has 9 heteroatoms. The van der Waals surface area contributed by atoms with E-state index in [-0.39, 0.29) is 12.5 Å². The van der Waals surface area contributed by atoms with Gasteiger partial charge in [0.1, 0.15) is 24.4 Å². The predicted molar refractivity (Wildman–Crippen MR) is 355 cm³/mol. The monoisotopic (exact) mass is 1170 g/mol. The minimum atomic E-state index is -1.57. The predicted octanol–water partition coefficient (Wildman–Crippen LogP) is 19.5. The zero-order valence-corrected chi connectivity index (χ0v) is 54.2. The lowest BCUT2D eigenvalue weighted by Gasteiger charge is -2.40. The number of unbranched alkanes of at least 4 members (excludes halogenated alkanes) is 42. The Bertz CT molecular complexity index is 1540. The van der Waals surface area contributed by atoms with Crippen LogP contribution in [0.4, 0.5) is 0 Å². The number of carbonyl (C=O) groups excluding carboxylic acids is 1. The van der Waals surface area contributed by atoms with Crippen molar-refractivity contribution in [3.8, 4) is 0 Å². The maximum atomic E-state index is 13.1. The Labute approximate surface area is 512 Å². The van der Waals surface area contributed by atoms with Gasteiger partial charge in [-0.05, 0) is 64.2 Å². The van der Waals surface area contributed by atoms with Gasteiger partial charge in [0, 0.05) is 6.42 Å². The highest BCUT2D eigenvalue weighted by molar-refractivity contribution is 5.76. The normalized spacial score (nSPS) is 18.7. The molecular formula is C74H135NO8. The fourth-order valence-corrected chi connectivity index (χ4v) is 11.2. The molecule has 0 saturated carbocycles. The Balaban J connectivity index is 2.07. The minimum absolute atomic E-state index is 0.171. The third-order valence-electron chi connectivity index (χ3n) is 16.8. The fourth-order valence-electron chi connectivity index (χ4n) is 11.2. The Hall–Kier alpha value is -2.37. The molecule has 1 heterocycles. The Morgan fingerprint density at radius 3 is 1.11 bits per heavy atom. The summed E-state index contributed by atoms with van der Waals surface area (Å²) in [5, 5.41) is 54.8. The molecule has 0 bridgehead atoms. The van der Waals surface area contributed by atoms with E-state index in [9.17, 15) is 30.3 Å². The first-order valence-corrected chi connectivity index (χ1v) is 35.7. The topological polar surface area (TPSA) is 149 Å². The zero-order chi connectivity index (χ0) is 60.0. The maximum Gasteiger partial charge on any atom is 0.220 e. The van der Waals surface area contributed by atoms with Crippen molar-refractivity contribution in [2.75, 3.05) is 13.2 Å². The number of hydrogen-bond donors (Lipinski definition) is 6. The molecule has 0 aliphatic carbocycles. The van der Waals surface area contributed by atoms with Gasteiger partial charge >= 0.3 is 0 Å². The molecule has 1 aliphatic rings. The first kappa shape index (κ1) is 78.6. The second-order valence-corrected chi connectivity index (χ2v) is 24.7. The van der Waals surface area contributed by atoms with Gasteiger partial charge in [0.2, 0.25) is 5.91 Å². The van der Waals surface area contributed by atoms with Gasteiger partial charge in [-0.15, -0.1) is 0 Å². The summed E-state index contributed by atoms with van der Waals surface area (Å²) in [6, 6.07) is -0.806. The van der Waals surface area contributed by atoms with E-state index < -0.39 is 49.5 Å². The average molecular weight is 1170 g/mol. The summed E-state index contributed by atoms with van der Waals surface area (Å²) < 4.78 is 11.3. The first-order chi connectivity index (χ1) is 40.8. The maximum absolute atomic E-state index is 13.1. The van der Waals surface area contributed by atoms with Crippen molar-refractivity contribution < 1.29 is 39.8 Å². The first-order valence-electron chi connectivity index (χ1n) is 35.7. The Morgan fingerprint density at radius 1 is 0.422 bits per heavy atom. The molecule has 0 aromatic rings. The third kappa shape index (κ3) is 51.4. The molecule has 0 aromatic carbocycles. The van der Waals surface area contributed by atoms with Crippen LogP contribution in [-0.4, -0.2) is 87.5 Å². The highest BCUT2D eigenvalue weighted by atomic mass is 16.7. The molecular weight excluding hydrogens is 1030 g/mol. The van der Waals surface area contributed by atoms with Gasteiger partial charge in [-0.25, -0.2) is 0 Å². The average Bonchev–Trinajstić information content (AvgIpc) is 3.60. The molecule has 6 N–H and O–H groups in total. The third-order valence-corrected chi connectivity index (χ3v) is 16.8. The number of aliphatic hydroxyl groups is 5. The van der Waals surface area contributed by atoms with Crippen LogP contribution in [0.5, 0.6) is 0 Å². The molecule has 1 aliphatic heterocycles. The second-order valence-electron chi connectivity index (χ2n) is 24.7. The lowest BCUT2D eigenvalue weighted by molar-refractivity contribution is -0.302. The van der Waals surface area contributed by atoms with Gasteiger partial charge in [-0.3, -0.25) is 4.79 Å². The summed E-state index contributed by atoms with van der Waals surface area (Å²) in [7, 11) is 0. The van der Waals surface area contributed by atoms with Gasteiger partial charge in [-0.1, -0.05) is 337 Å². The number of nitrogens with one attached hydrogen (secondary N) is 1. The quantitative estimate of drug-likeness (QED) is 0.0261. The van der Waals surface area contributed by atoms with Crippen LogP contribution in [0.2, 0.25) is 0 Å². The highest BCUT2D eigenvalue weighted by Crippen LogP contribution is 2.23. The van der Waals surface area contributed by atoms with Crippen LogP contribution >= 0.6 is 0 Å². The van der Waals surface area contributed by atoms with E-state index >= 15 is 0 Å². The number of carbonyl (C=O) groups is 1. The van der Waals surface area contributed by atoms with E-state index in [1.807, 2.05) is 6.08 Å². The van der Waals surface area contributed by atoms with Crippen LogP contribution in [0, 0.1) is 0 Å². The van der Waals surface area contributed by atoms with Gasteiger partial charge < -0.3 is 40.3 Å². The smallest absolute Gasteiger partial charge is 0.220 e. The van der Waals surface area contributed by atoms with Crippen LogP contribution in [-0.2, 0) is 14.3 Å². The van der Waals surface area contributed by atoms with E-state index in [1.165, 1.54) is 244 Å². The molecule has 83 heavy (non-hydrogen) atoms. The Morgan fingerprint density at radius 2 is 0.747 bits per heavy atom. The number of hydrogen-bond acceptors (Lipinski definition) is 8. The van der Waals surface area contributed by atoms with Gasteiger partial charge in [0.25, 0.3) is 0 Å². The number of allylic oxidation sites excluding steroid dienone is 11. The van der Waals surface area contributed by atoms with Crippen LogP contribution in [0.15, 0.2) is 72.9 Å². The van der Waals surface area contributed by atoms with Crippen LogP contribution in [0.25, 0.3) is 0 Å². The van der Waals surface area contributed by atoms with Gasteiger partial charge in [0.05, 0.1) is 25.4 Å². The molecule has 0 aromatic heterocycles. The van der Waals surface area contributed by atoms with Gasteiger partial charge in [0.15, 0.2) is 6.29 Å². The zero-order valence-electron chi connectivity index (χ0n) is 54.2. The SMILES string of the molecule is CC/C=C\C/C=C\C/C=C\C/C=C\C/C=C\CCCCCCCCCCCCCCCCCCCCCCCCCC(=O)NC(COC1OC(CO)C(O)C(O)C1O)C(O)/C=C/CCCCCCCCCCCCCCCCCCCCC. The summed E-state index contributed by atoms with van der Waals surface area (Å²) in [6.45, 7) is 3.71. The number of amides is 1. The van der Waals surface area contributed by atoms with Crippen molar-refractivity contribution in [2.24, 2.45) is 0 Å². The second kappa shape index (κ2) is 62.7. The van der Waals surface area contributed by atoms with Crippen molar-refractivity contribution in [1.82, 2.24) is 5.32 Å². The summed E-state index contributed by atoms with van der Waals surface area (Å²) in [5.74, 6) is -0.171. The molecule has 7 atom stereocenters. The van der Waals surface area contributed by atoms with Crippen molar-refractivity contribution in [3.63, 3.8) is 0 Å².